The van der Waals surface area contributed by atoms with E-state index < -0.39 is 22.6 Å². The first-order valence-corrected chi connectivity index (χ1v) is 11.0. The van der Waals surface area contributed by atoms with Gasteiger partial charge in [-0.2, -0.15) is 4.31 Å². The number of furan rings is 1. The Bertz CT molecular complexity index is 1010. The summed E-state index contributed by atoms with van der Waals surface area (Å²) in [7, 11) is -3.59. The van der Waals surface area contributed by atoms with Gasteiger partial charge in [-0.05, 0) is 54.7 Å². The van der Waals surface area contributed by atoms with Gasteiger partial charge in [-0.1, -0.05) is 6.07 Å². The average Bonchev–Trinajstić information content (AvgIpc) is 3.43. The van der Waals surface area contributed by atoms with Crippen LogP contribution in [0.1, 0.15) is 28.1 Å². The fourth-order valence-corrected chi connectivity index (χ4v) is 5.19. The van der Waals surface area contributed by atoms with Crippen molar-refractivity contribution in [2.75, 3.05) is 32.8 Å². The number of piperazine rings is 1. The van der Waals surface area contributed by atoms with Crippen LogP contribution in [0, 0.1) is 0 Å². The highest BCUT2D eigenvalue weighted by Crippen LogP contribution is 2.26. The van der Waals surface area contributed by atoms with E-state index in [4.69, 9.17) is 9.15 Å². The maximum Gasteiger partial charge on any atom is 0.374 e. The smallest absolute Gasteiger partial charge is 0.374 e. The summed E-state index contributed by atoms with van der Waals surface area (Å²) in [6.45, 7) is 0.508. The van der Waals surface area contributed by atoms with Crippen LogP contribution in [0.15, 0.2) is 45.9 Å². The maximum atomic E-state index is 13.0. The molecule has 0 unspecified atom stereocenters. The Kier molecular flexibility index (Phi) is 5.42. The molecule has 29 heavy (non-hydrogen) atoms. The lowest BCUT2D eigenvalue weighted by Crippen LogP contribution is -2.51. The topological polar surface area (TPSA) is 97.1 Å². The number of esters is 1. The monoisotopic (exact) mass is 418 g/mol. The van der Waals surface area contributed by atoms with Gasteiger partial charge in [0, 0.05) is 26.2 Å². The van der Waals surface area contributed by atoms with Crippen LogP contribution in [0.25, 0.3) is 0 Å². The molecule has 1 fully saturated rings. The van der Waals surface area contributed by atoms with Gasteiger partial charge in [0.05, 0.1) is 11.2 Å². The number of rotatable bonds is 5. The fourth-order valence-electron chi connectivity index (χ4n) is 3.72. The summed E-state index contributed by atoms with van der Waals surface area (Å²) in [5.74, 6) is -1.04. The summed E-state index contributed by atoms with van der Waals surface area (Å²) in [5, 5.41) is 0. The molecule has 1 aliphatic heterocycles. The number of carbonyl (C=O) groups is 2. The molecule has 1 saturated heterocycles. The predicted molar refractivity (Wildman–Crippen MR) is 103 cm³/mol. The van der Waals surface area contributed by atoms with E-state index in [-0.39, 0.29) is 37.8 Å². The molecule has 2 aromatic rings. The zero-order valence-corrected chi connectivity index (χ0v) is 16.7. The molecule has 0 spiro atoms. The minimum absolute atomic E-state index is 0.0306. The Morgan fingerprint density at radius 1 is 1.03 bits per heavy atom. The Balaban J connectivity index is 1.32. The number of sulfonamides is 1. The van der Waals surface area contributed by atoms with Gasteiger partial charge in [0.2, 0.25) is 15.8 Å². The predicted octanol–water partition coefficient (Wildman–Crippen LogP) is 1.46. The summed E-state index contributed by atoms with van der Waals surface area (Å²) in [6, 6.07) is 8.37. The molecule has 2 aliphatic rings. The minimum atomic E-state index is -3.59. The number of hydrogen-bond donors (Lipinski definition) is 0. The Hall–Kier alpha value is -2.65. The first-order chi connectivity index (χ1) is 13.9. The molecule has 0 bridgehead atoms. The van der Waals surface area contributed by atoms with Crippen molar-refractivity contribution in [1.82, 2.24) is 9.21 Å². The molecule has 1 amide bonds. The summed E-state index contributed by atoms with van der Waals surface area (Å²) >= 11 is 0. The van der Waals surface area contributed by atoms with Crippen LogP contribution >= 0.6 is 0 Å². The van der Waals surface area contributed by atoms with Crippen molar-refractivity contribution >= 4 is 21.9 Å². The maximum absolute atomic E-state index is 13.0. The Morgan fingerprint density at radius 2 is 1.79 bits per heavy atom. The van der Waals surface area contributed by atoms with E-state index in [1.54, 1.807) is 18.2 Å². The third-order valence-corrected chi connectivity index (χ3v) is 7.24. The van der Waals surface area contributed by atoms with Gasteiger partial charge < -0.3 is 14.1 Å². The number of carbonyl (C=O) groups excluding carboxylic acids is 2. The van der Waals surface area contributed by atoms with Crippen LogP contribution in [0.4, 0.5) is 0 Å². The molecule has 1 aromatic carbocycles. The molecule has 0 atom stereocenters. The highest BCUT2D eigenvalue weighted by atomic mass is 32.2. The van der Waals surface area contributed by atoms with Gasteiger partial charge in [0.15, 0.2) is 6.61 Å². The number of fused-ring (bicyclic) bond motifs is 1. The minimum Gasteiger partial charge on any atom is -0.457 e. The lowest BCUT2D eigenvalue weighted by molar-refractivity contribution is -0.135. The summed E-state index contributed by atoms with van der Waals surface area (Å²) in [5.41, 5.74) is 2.33. The van der Waals surface area contributed by atoms with Gasteiger partial charge >= 0.3 is 5.97 Å². The lowest BCUT2D eigenvalue weighted by atomic mass is 10.1. The fraction of sp³-hybridized carbons (Fsp3) is 0.400. The van der Waals surface area contributed by atoms with Crippen LogP contribution < -0.4 is 0 Å². The first-order valence-electron chi connectivity index (χ1n) is 9.55. The zero-order valence-electron chi connectivity index (χ0n) is 15.9. The van der Waals surface area contributed by atoms with E-state index in [9.17, 15) is 18.0 Å². The quantitative estimate of drug-likeness (QED) is 0.682. The van der Waals surface area contributed by atoms with Gasteiger partial charge in [0.25, 0.3) is 5.91 Å². The number of benzene rings is 1. The highest BCUT2D eigenvalue weighted by Gasteiger charge is 2.31. The molecule has 8 nitrogen and oxygen atoms in total. The molecule has 0 saturated carbocycles. The molecule has 4 rings (SSSR count). The third kappa shape index (κ3) is 4.06. The number of amides is 1. The van der Waals surface area contributed by atoms with Gasteiger partial charge in [0.1, 0.15) is 0 Å². The molecule has 1 aromatic heterocycles. The zero-order chi connectivity index (χ0) is 20.4. The highest BCUT2D eigenvalue weighted by molar-refractivity contribution is 7.89. The van der Waals surface area contributed by atoms with E-state index in [1.807, 2.05) is 6.07 Å². The molecule has 1 aliphatic carbocycles. The summed E-state index contributed by atoms with van der Waals surface area (Å²) < 4.78 is 37.2. The second kappa shape index (κ2) is 8.00. The van der Waals surface area contributed by atoms with Crippen molar-refractivity contribution in [3.8, 4) is 0 Å². The number of nitrogens with zero attached hydrogens (tertiary/aromatic N) is 2. The molecular formula is C20H22N2O6S. The van der Waals surface area contributed by atoms with Crippen molar-refractivity contribution in [1.29, 1.82) is 0 Å². The molecular weight excluding hydrogens is 396 g/mol. The summed E-state index contributed by atoms with van der Waals surface area (Å²) in [4.78, 5) is 25.8. The number of ether oxygens (including phenoxy) is 1. The molecule has 0 radical (unpaired) electrons. The van der Waals surface area contributed by atoms with Gasteiger partial charge in [-0.3, -0.25) is 4.79 Å². The van der Waals surface area contributed by atoms with Crippen molar-refractivity contribution in [2.45, 2.75) is 24.2 Å². The van der Waals surface area contributed by atoms with Crippen molar-refractivity contribution < 1.29 is 27.2 Å². The Labute approximate surface area is 169 Å². The average molecular weight is 418 g/mol. The van der Waals surface area contributed by atoms with Gasteiger partial charge in [-0.25, -0.2) is 13.2 Å². The number of aryl methyl sites for hydroxylation is 2. The van der Waals surface area contributed by atoms with Crippen LogP contribution in [-0.2, 0) is 32.4 Å². The van der Waals surface area contributed by atoms with E-state index in [0.29, 0.717) is 4.90 Å². The van der Waals surface area contributed by atoms with E-state index in [2.05, 4.69) is 0 Å². The van der Waals surface area contributed by atoms with Crippen molar-refractivity contribution in [2.24, 2.45) is 0 Å². The molecule has 154 valence electrons. The largest absolute Gasteiger partial charge is 0.457 e. The second-order valence-corrected chi connectivity index (χ2v) is 9.06. The van der Waals surface area contributed by atoms with Crippen LogP contribution in [0.3, 0.4) is 0 Å². The van der Waals surface area contributed by atoms with Gasteiger partial charge in [-0.15, -0.1) is 0 Å². The first kappa shape index (κ1) is 19.7. The van der Waals surface area contributed by atoms with E-state index in [0.717, 1.165) is 24.8 Å². The standard InChI is InChI=1S/C20H22N2O6S/c23-19(14-28-20(24)18-5-2-12-27-18)21-8-10-22(11-9-21)29(25,26)17-7-6-15-3-1-4-16(15)13-17/h2,5-7,12-13H,1,3-4,8-11,14H2. The third-order valence-electron chi connectivity index (χ3n) is 5.35. The lowest BCUT2D eigenvalue weighted by Gasteiger charge is -2.34. The van der Waals surface area contributed by atoms with Crippen molar-refractivity contribution in [3.05, 3.63) is 53.5 Å². The Morgan fingerprint density at radius 3 is 2.52 bits per heavy atom. The van der Waals surface area contributed by atoms with Crippen molar-refractivity contribution in [3.63, 3.8) is 0 Å². The van der Waals surface area contributed by atoms with Crippen LogP contribution in [0.5, 0.6) is 0 Å². The number of hydrogen-bond acceptors (Lipinski definition) is 6. The normalized spacial score (nSPS) is 17.2. The SMILES string of the molecule is O=C(OCC(=O)N1CCN(S(=O)(=O)c2ccc3c(c2)CCC3)CC1)c1ccco1. The summed E-state index contributed by atoms with van der Waals surface area (Å²) in [6.07, 6.45) is 4.32. The molecule has 9 heteroatoms. The van der Waals surface area contributed by atoms with E-state index >= 15 is 0 Å². The second-order valence-electron chi connectivity index (χ2n) is 7.12. The van der Waals surface area contributed by atoms with Crippen LogP contribution in [-0.4, -0.2) is 62.3 Å². The molecule has 0 N–H and O–H groups in total. The van der Waals surface area contributed by atoms with Crippen LogP contribution in [0.2, 0.25) is 0 Å². The van der Waals surface area contributed by atoms with E-state index in [1.165, 1.54) is 27.1 Å². The molecule has 2 heterocycles.